The van der Waals surface area contributed by atoms with E-state index in [2.05, 4.69) is 15.7 Å². The molecular weight excluding hydrogens is 360 g/mol. The van der Waals surface area contributed by atoms with Crippen molar-refractivity contribution in [3.63, 3.8) is 0 Å². The van der Waals surface area contributed by atoms with E-state index >= 15 is 0 Å². The summed E-state index contributed by atoms with van der Waals surface area (Å²) in [6.07, 6.45) is 2.05. The van der Waals surface area contributed by atoms with E-state index in [1.54, 1.807) is 19.4 Å². The summed E-state index contributed by atoms with van der Waals surface area (Å²) < 4.78 is 11.4. The number of hydrazone groups is 1. The largest absolute Gasteiger partial charge is 0.467 e. The molecule has 0 aliphatic carbocycles. The third-order valence-corrected chi connectivity index (χ3v) is 4.59. The van der Waals surface area contributed by atoms with Crippen molar-refractivity contribution >= 4 is 28.5 Å². The number of fused-ring (bicyclic) bond motifs is 1. The first-order valence-electron chi connectivity index (χ1n) is 8.99. The smallest absolute Gasteiger partial charge is 0.257 e. The first kappa shape index (κ1) is 18.0. The lowest BCUT2D eigenvalue weighted by atomic mass is 10.1. The van der Waals surface area contributed by atoms with Gasteiger partial charge in [-0.1, -0.05) is 18.2 Å². The van der Waals surface area contributed by atoms with Crippen LogP contribution in [0, 0.1) is 0 Å². The molecule has 8 heteroatoms. The van der Waals surface area contributed by atoms with Gasteiger partial charge >= 0.3 is 0 Å². The van der Waals surface area contributed by atoms with Crippen molar-refractivity contribution in [2.24, 2.45) is 5.10 Å². The Balaban J connectivity index is 1.57. The Kier molecular flexibility index (Phi) is 4.94. The van der Waals surface area contributed by atoms with Gasteiger partial charge < -0.3 is 14.2 Å². The van der Waals surface area contributed by atoms with Gasteiger partial charge in [0.15, 0.2) is 5.76 Å². The number of carbonyl (C=O) groups is 2. The summed E-state index contributed by atoms with van der Waals surface area (Å²) in [5.41, 5.74) is 1.45. The van der Waals surface area contributed by atoms with Crippen LogP contribution in [0.4, 0.5) is 0 Å². The van der Waals surface area contributed by atoms with Crippen molar-refractivity contribution in [3.05, 3.63) is 60.2 Å². The highest BCUT2D eigenvalue weighted by atomic mass is 16.3. The molecule has 8 nitrogen and oxygen atoms in total. The van der Waals surface area contributed by atoms with Crippen molar-refractivity contribution in [2.75, 3.05) is 20.1 Å². The molecule has 0 saturated carbocycles. The summed E-state index contributed by atoms with van der Waals surface area (Å²) in [7, 11) is 1.54. The molecule has 3 heterocycles. The number of hydrogen-bond donors (Lipinski definition) is 2. The fraction of sp³-hybridized carbons (Fsp3) is 0.250. The van der Waals surface area contributed by atoms with Gasteiger partial charge in [-0.25, -0.2) is 5.01 Å². The van der Waals surface area contributed by atoms with Crippen LogP contribution in [0.1, 0.15) is 24.0 Å². The minimum absolute atomic E-state index is 0.0124. The standard InChI is InChI=1S/C20H20N4O4/c1-21-19(25)11-22-12-20(26)24-15(17-7-4-8-27-17)10-14(23-24)18-9-13-5-2-3-6-16(13)28-18/h2-9,15,22H,10-12H2,1H3,(H,21,25)/t15-/m0/s1. The lowest BCUT2D eigenvalue weighted by Gasteiger charge is -2.19. The SMILES string of the molecule is CNC(=O)CNCC(=O)N1N=C(c2cc3ccccc3o2)C[C@H]1c1ccco1. The molecule has 28 heavy (non-hydrogen) atoms. The van der Waals surface area contributed by atoms with Gasteiger partial charge in [-0.3, -0.25) is 14.9 Å². The van der Waals surface area contributed by atoms with Crippen molar-refractivity contribution in [2.45, 2.75) is 12.5 Å². The maximum atomic E-state index is 12.7. The number of amides is 2. The molecule has 4 rings (SSSR count). The summed E-state index contributed by atoms with van der Waals surface area (Å²) in [4.78, 5) is 24.1. The Bertz CT molecular complexity index is 989. The molecule has 144 valence electrons. The maximum Gasteiger partial charge on any atom is 0.257 e. The molecule has 0 radical (unpaired) electrons. The maximum absolute atomic E-state index is 12.7. The minimum Gasteiger partial charge on any atom is -0.467 e. The number of benzene rings is 1. The molecule has 2 N–H and O–H groups in total. The first-order valence-corrected chi connectivity index (χ1v) is 8.99. The highest BCUT2D eigenvalue weighted by molar-refractivity contribution is 6.03. The van der Waals surface area contributed by atoms with Crippen LogP contribution in [-0.2, 0) is 9.59 Å². The summed E-state index contributed by atoms with van der Waals surface area (Å²) in [5, 5.41) is 12.2. The van der Waals surface area contributed by atoms with Crippen molar-refractivity contribution < 1.29 is 18.4 Å². The van der Waals surface area contributed by atoms with Gasteiger partial charge in [-0.05, 0) is 24.3 Å². The van der Waals surface area contributed by atoms with E-state index in [9.17, 15) is 9.59 Å². The lowest BCUT2D eigenvalue weighted by molar-refractivity contribution is -0.132. The summed E-state index contributed by atoms with van der Waals surface area (Å²) in [5.74, 6) is 0.834. The average molecular weight is 380 g/mol. The zero-order valence-electron chi connectivity index (χ0n) is 15.3. The normalized spacial score (nSPS) is 16.4. The van der Waals surface area contributed by atoms with E-state index in [-0.39, 0.29) is 30.9 Å². The predicted molar refractivity (Wildman–Crippen MR) is 103 cm³/mol. The molecule has 0 unspecified atom stereocenters. The summed E-state index contributed by atoms with van der Waals surface area (Å²) in [6.45, 7) is 0.0448. The van der Waals surface area contributed by atoms with E-state index < -0.39 is 0 Å². The number of hydrogen-bond acceptors (Lipinski definition) is 6. The third-order valence-electron chi connectivity index (χ3n) is 4.59. The van der Waals surface area contributed by atoms with Crippen LogP contribution in [0.2, 0.25) is 0 Å². The molecule has 2 amide bonds. The van der Waals surface area contributed by atoms with Crippen LogP contribution < -0.4 is 10.6 Å². The van der Waals surface area contributed by atoms with Crippen molar-refractivity contribution in [1.82, 2.24) is 15.6 Å². The Hall–Kier alpha value is -3.39. The van der Waals surface area contributed by atoms with Gasteiger partial charge in [0.1, 0.15) is 23.1 Å². The predicted octanol–water partition coefficient (Wildman–Crippen LogP) is 2.04. The molecule has 1 aromatic carbocycles. The Morgan fingerprint density at radius 1 is 1.21 bits per heavy atom. The van der Waals surface area contributed by atoms with Gasteiger partial charge in [0.05, 0.1) is 19.4 Å². The highest BCUT2D eigenvalue weighted by Gasteiger charge is 2.35. The minimum atomic E-state index is -0.354. The number of carbonyl (C=O) groups excluding carboxylic acids is 2. The quantitative estimate of drug-likeness (QED) is 0.682. The number of nitrogens with zero attached hydrogens (tertiary/aromatic N) is 2. The van der Waals surface area contributed by atoms with Crippen LogP contribution in [-0.4, -0.2) is 42.7 Å². The van der Waals surface area contributed by atoms with Crippen LogP contribution in [0.15, 0.2) is 62.7 Å². The molecule has 0 spiro atoms. The van der Waals surface area contributed by atoms with Gasteiger partial charge in [0, 0.05) is 18.9 Å². The van der Waals surface area contributed by atoms with Gasteiger partial charge in [0.2, 0.25) is 5.91 Å². The molecule has 0 bridgehead atoms. The topological polar surface area (TPSA) is 100 Å². The van der Waals surface area contributed by atoms with Gasteiger partial charge in [-0.15, -0.1) is 0 Å². The average Bonchev–Trinajstić information content (AvgIpc) is 3.45. The molecule has 2 aromatic heterocycles. The number of furan rings is 2. The van der Waals surface area contributed by atoms with Crippen LogP contribution in [0.5, 0.6) is 0 Å². The van der Waals surface area contributed by atoms with Crippen LogP contribution >= 0.6 is 0 Å². The second kappa shape index (κ2) is 7.69. The van der Waals surface area contributed by atoms with E-state index in [0.717, 1.165) is 11.0 Å². The molecule has 1 aliphatic heterocycles. The van der Waals surface area contributed by atoms with E-state index in [1.165, 1.54) is 5.01 Å². The Morgan fingerprint density at radius 2 is 2.07 bits per heavy atom. The number of likely N-dealkylation sites (N-methyl/N-ethyl adjacent to an activating group) is 1. The molecule has 1 atom stereocenters. The molecule has 0 saturated heterocycles. The van der Waals surface area contributed by atoms with E-state index in [4.69, 9.17) is 8.83 Å². The molecule has 3 aromatic rings. The second-order valence-corrected chi connectivity index (χ2v) is 6.45. The highest BCUT2D eigenvalue weighted by Crippen LogP contribution is 2.34. The lowest BCUT2D eigenvalue weighted by Crippen LogP contribution is -2.39. The first-order chi connectivity index (χ1) is 13.7. The summed E-state index contributed by atoms with van der Waals surface area (Å²) >= 11 is 0. The molecular formula is C20H20N4O4. The monoisotopic (exact) mass is 380 g/mol. The van der Waals surface area contributed by atoms with Crippen molar-refractivity contribution in [3.8, 4) is 0 Å². The van der Waals surface area contributed by atoms with E-state index in [0.29, 0.717) is 23.7 Å². The molecule has 1 aliphatic rings. The zero-order chi connectivity index (χ0) is 19.5. The Morgan fingerprint density at radius 3 is 2.82 bits per heavy atom. The Labute approximate surface area is 161 Å². The second-order valence-electron chi connectivity index (χ2n) is 6.45. The van der Waals surface area contributed by atoms with Crippen LogP contribution in [0.3, 0.4) is 0 Å². The zero-order valence-corrected chi connectivity index (χ0v) is 15.3. The third kappa shape index (κ3) is 3.54. The number of rotatable bonds is 6. The van der Waals surface area contributed by atoms with E-state index in [1.807, 2.05) is 36.4 Å². The van der Waals surface area contributed by atoms with Gasteiger partial charge in [0.25, 0.3) is 5.91 Å². The fourth-order valence-corrected chi connectivity index (χ4v) is 3.17. The van der Waals surface area contributed by atoms with Gasteiger partial charge in [-0.2, -0.15) is 5.10 Å². The fourth-order valence-electron chi connectivity index (χ4n) is 3.17. The molecule has 0 fully saturated rings. The number of para-hydroxylation sites is 1. The number of nitrogens with one attached hydrogen (secondary N) is 2. The summed E-state index contributed by atoms with van der Waals surface area (Å²) in [6, 6.07) is 12.9. The van der Waals surface area contributed by atoms with Crippen molar-refractivity contribution in [1.29, 1.82) is 0 Å². The van der Waals surface area contributed by atoms with Crippen LogP contribution in [0.25, 0.3) is 11.0 Å².